The number of alkyl carbamates (subject to hydrolysis) is 1. The van der Waals surface area contributed by atoms with Crippen molar-refractivity contribution in [3.8, 4) is 0 Å². The lowest BCUT2D eigenvalue weighted by Gasteiger charge is -2.17. The van der Waals surface area contributed by atoms with Crippen molar-refractivity contribution in [2.24, 2.45) is 5.73 Å². The first-order valence-corrected chi connectivity index (χ1v) is 7.34. The number of ether oxygens (including phenoxy) is 1. The minimum atomic E-state index is -0.935. The van der Waals surface area contributed by atoms with Crippen LogP contribution in [0.5, 0.6) is 0 Å². The molecule has 1 heterocycles. The Balaban J connectivity index is 1.94. The molecule has 0 bridgehead atoms. The summed E-state index contributed by atoms with van der Waals surface area (Å²) in [7, 11) is 0. The number of nitrogens with two attached hydrogens (primary N) is 1. The Hall–Kier alpha value is -3.16. The predicted octanol–water partition coefficient (Wildman–Crippen LogP) is 1.08. The Morgan fingerprint density at radius 1 is 1.25 bits per heavy atom. The third kappa shape index (κ3) is 5.24. The summed E-state index contributed by atoms with van der Waals surface area (Å²) < 4.78 is 6.31. The third-order valence-corrected chi connectivity index (χ3v) is 3.24. The van der Waals surface area contributed by atoms with Crippen molar-refractivity contribution in [3.05, 3.63) is 54.6 Å². The molecular formula is C16H18N4O4. The van der Waals surface area contributed by atoms with Crippen LogP contribution >= 0.6 is 0 Å². The van der Waals surface area contributed by atoms with E-state index in [0.717, 1.165) is 5.56 Å². The molecule has 8 heteroatoms. The van der Waals surface area contributed by atoms with Crippen LogP contribution in [0, 0.1) is 0 Å². The Morgan fingerprint density at radius 3 is 2.62 bits per heavy atom. The lowest BCUT2D eigenvalue weighted by atomic mass is 10.1. The molecule has 0 saturated carbocycles. The lowest BCUT2D eigenvalue weighted by Crippen LogP contribution is -2.43. The molecule has 2 rings (SSSR count). The Kier molecular flexibility index (Phi) is 6.07. The molecule has 0 aliphatic heterocycles. The fraction of sp³-hybridized carbons (Fsp3) is 0.250. The second-order valence-corrected chi connectivity index (χ2v) is 5.07. The molecule has 1 unspecified atom stereocenters. The van der Waals surface area contributed by atoms with Gasteiger partial charge in [0.25, 0.3) is 5.91 Å². The maximum atomic E-state index is 12.3. The van der Waals surface area contributed by atoms with E-state index < -0.39 is 23.9 Å². The first-order valence-electron chi connectivity index (χ1n) is 7.34. The summed E-state index contributed by atoms with van der Waals surface area (Å²) in [6.45, 7) is 0.0779. The molecule has 1 aromatic heterocycles. The van der Waals surface area contributed by atoms with Crippen LogP contribution in [0.2, 0.25) is 0 Å². The number of primary amides is 1. The van der Waals surface area contributed by atoms with Crippen molar-refractivity contribution >= 4 is 17.9 Å². The van der Waals surface area contributed by atoms with Crippen LogP contribution in [0.1, 0.15) is 23.2 Å². The van der Waals surface area contributed by atoms with Gasteiger partial charge in [-0.2, -0.15) is 0 Å². The number of rotatable bonds is 7. The van der Waals surface area contributed by atoms with Crippen molar-refractivity contribution in [1.82, 2.24) is 14.9 Å². The molecule has 126 valence electrons. The average molecular weight is 330 g/mol. The van der Waals surface area contributed by atoms with Crippen LogP contribution in [0.3, 0.4) is 0 Å². The first kappa shape index (κ1) is 17.2. The summed E-state index contributed by atoms with van der Waals surface area (Å²) in [6.07, 6.45) is 3.50. The maximum absolute atomic E-state index is 12.3. The zero-order chi connectivity index (χ0) is 17.4. The Bertz CT molecular complexity index is 685. The van der Waals surface area contributed by atoms with Gasteiger partial charge in [0.15, 0.2) is 0 Å². The smallest absolute Gasteiger partial charge is 0.408 e. The van der Waals surface area contributed by atoms with E-state index in [1.807, 2.05) is 30.3 Å². The monoisotopic (exact) mass is 330 g/mol. The highest BCUT2D eigenvalue weighted by molar-refractivity contribution is 5.88. The number of imidazole rings is 1. The van der Waals surface area contributed by atoms with Gasteiger partial charge >= 0.3 is 6.09 Å². The molecular weight excluding hydrogens is 312 g/mol. The molecule has 0 fully saturated rings. The van der Waals surface area contributed by atoms with Crippen LogP contribution < -0.4 is 11.1 Å². The predicted molar refractivity (Wildman–Crippen MR) is 84.8 cm³/mol. The number of hydrogen-bond donors (Lipinski definition) is 2. The quantitative estimate of drug-likeness (QED) is 0.788. The second kappa shape index (κ2) is 8.47. The summed E-state index contributed by atoms with van der Waals surface area (Å²) in [6, 6.07) is 8.20. The van der Waals surface area contributed by atoms with Gasteiger partial charge in [0.05, 0.1) is 0 Å². The molecule has 0 spiro atoms. The van der Waals surface area contributed by atoms with Gasteiger partial charge in [-0.3, -0.25) is 14.2 Å². The van der Waals surface area contributed by atoms with Gasteiger partial charge in [-0.15, -0.1) is 0 Å². The van der Waals surface area contributed by atoms with Gasteiger partial charge in [-0.05, 0) is 12.0 Å². The number of carbonyl (C=O) groups is 3. The van der Waals surface area contributed by atoms with E-state index in [9.17, 15) is 14.4 Å². The van der Waals surface area contributed by atoms with Gasteiger partial charge < -0.3 is 15.8 Å². The zero-order valence-electron chi connectivity index (χ0n) is 12.9. The minimum Gasteiger partial charge on any atom is -0.445 e. The van der Waals surface area contributed by atoms with E-state index in [2.05, 4.69) is 10.3 Å². The topological polar surface area (TPSA) is 116 Å². The largest absolute Gasteiger partial charge is 0.445 e. The minimum absolute atomic E-state index is 0.0376. The summed E-state index contributed by atoms with van der Waals surface area (Å²) in [5.74, 6) is -0.983. The van der Waals surface area contributed by atoms with E-state index >= 15 is 0 Å². The molecule has 24 heavy (non-hydrogen) atoms. The number of hydrogen-bond acceptors (Lipinski definition) is 5. The van der Waals surface area contributed by atoms with Gasteiger partial charge in [0, 0.05) is 18.8 Å². The molecule has 0 aliphatic carbocycles. The van der Waals surface area contributed by atoms with Crippen molar-refractivity contribution in [3.63, 3.8) is 0 Å². The molecule has 0 radical (unpaired) electrons. The number of benzene rings is 1. The first-order chi connectivity index (χ1) is 11.6. The van der Waals surface area contributed by atoms with E-state index in [4.69, 9.17) is 10.5 Å². The molecule has 0 aliphatic rings. The highest BCUT2D eigenvalue weighted by Crippen LogP contribution is 2.04. The summed E-state index contributed by atoms with van der Waals surface area (Å²) in [4.78, 5) is 39.0. The number of amides is 2. The molecule has 3 N–H and O–H groups in total. The van der Waals surface area contributed by atoms with Crippen LogP contribution in [0.4, 0.5) is 4.79 Å². The van der Waals surface area contributed by atoms with E-state index in [-0.39, 0.29) is 19.4 Å². The van der Waals surface area contributed by atoms with Gasteiger partial charge in [-0.25, -0.2) is 9.78 Å². The fourth-order valence-electron chi connectivity index (χ4n) is 2.02. The van der Waals surface area contributed by atoms with Crippen molar-refractivity contribution < 1.29 is 19.1 Å². The second-order valence-electron chi connectivity index (χ2n) is 5.07. The molecule has 2 aromatic rings. The van der Waals surface area contributed by atoms with Gasteiger partial charge in [-0.1, -0.05) is 30.3 Å². The Labute approximate surface area is 138 Å². The summed E-state index contributed by atoms with van der Waals surface area (Å²) in [5.41, 5.74) is 5.93. The highest BCUT2D eigenvalue weighted by Gasteiger charge is 2.23. The lowest BCUT2D eigenvalue weighted by molar-refractivity contribution is -0.118. The van der Waals surface area contributed by atoms with Crippen molar-refractivity contribution in [2.75, 3.05) is 0 Å². The van der Waals surface area contributed by atoms with Crippen LogP contribution in [0.25, 0.3) is 0 Å². The van der Waals surface area contributed by atoms with E-state index in [0.29, 0.717) is 0 Å². The third-order valence-electron chi connectivity index (χ3n) is 3.24. The van der Waals surface area contributed by atoms with E-state index in [1.165, 1.54) is 23.3 Å². The highest BCUT2D eigenvalue weighted by atomic mass is 16.5. The number of nitrogens with one attached hydrogen (secondary N) is 1. The SMILES string of the molecule is NC(=O)CCC(NC(=O)OCc1ccccc1)C(=O)n1ccnc1. The van der Waals surface area contributed by atoms with E-state index in [1.54, 1.807) is 0 Å². The molecule has 8 nitrogen and oxygen atoms in total. The summed E-state index contributed by atoms with van der Waals surface area (Å²) in [5, 5.41) is 2.46. The maximum Gasteiger partial charge on any atom is 0.408 e. The Morgan fingerprint density at radius 2 is 2.00 bits per heavy atom. The molecule has 1 atom stereocenters. The summed E-state index contributed by atoms with van der Waals surface area (Å²) >= 11 is 0. The number of carbonyl (C=O) groups excluding carboxylic acids is 3. The zero-order valence-corrected chi connectivity index (χ0v) is 12.9. The molecule has 0 saturated heterocycles. The fourth-order valence-corrected chi connectivity index (χ4v) is 2.02. The standard InChI is InChI=1S/C16H18N4O4/c17-14(21)7-6-13(15(22)20-9-8-18-11-20)19-16(23)24-10-12-4-2-1-3-5-12/h1-5,8-9,11,13H,6-7,10H2,(H2,17,21)(H,19,23). The van der Waals surface area contributed by atoms with Crippen molar-refractivity contribution in [1.29, 1.82) is 0 Å². The average Bonchev–Trinajstić information content (AvgIpc) is 3.11. The molecule has 1 aromatic carbocycles. The van der Waals surface area contributed by atoms with Crippen molar-refractivity contribution in [2.45, 2.75) is 25.5 Å². The molecule has 2 amide bonds. The normalized spacial score (nSPS) is 11.5. The van der Waals surface area contributed by atoms with Gasteiger partial charge in [0.2, 0.25) is 5.91 Å². The van der Waals surface area contributed by atoms with Gasteiger partial charge in [0.1, 0.15) is 19.0 Å². The van der Waals surface area contributed by atoms with Crippen LogP contribution in [0.15, 0.2) is 49.1 Å². The van der Waals surface area contributed by atoms with Crippen LogP contribution in [-0.4, -0.2) is 33.5 Å². The van der Waals surface area contributed by atoms with Crippen LogP contribution in [-0.2, 0) is 16.1 Å². The number of nitrogens with zero attached hydrogens (tertiary/aromatic N) is 2. The number of aromatic nitrogens is 2.